The van der Waals surface area contributed by atoms with E-state index in [1.165, 1.54) is 36.8 Å². The van der Waals surface area contributed by atoms with Gasteiger partial charge in [-0.3, -0.25) is 5.10 Å². The zero-order chi connectivity index (χ0) is 20.2. The van der Waals surface area contributed by atoms with Gasteiger partial charge in [0, 0.05) is 42.0 Å². The van der Waals surface area contributed by atoms with Gasteiger partial charge in [-0.15, -0.1) is 0 Å². The Hall–Kier alpha value is -2.86. The lowest BCUT2D eigenvalue weighted by Gasteiger charge is -2.36. The van der Waals surface area contributed by atoms with Gasteiger partial charge in [0.2, 0.25) is 5.88 Å². The number of ether oxygens (including phenoxy) is 1. The first kappa shape index (κ1) is 18.0. The molecule has 2 N–H and O–H groups in total. The number of nitrogens with zero attached hydrogens (tertiary/aromatic N) is 3. The molecule has 0 spiro atoms. The van der Waals surface area contributed by atoms with Crippen molar-refractivity contribution in [3.8, 4) is 28.1 Å². The Morgan fingerprint density at radius 3 is 2.60 bits per heavy atom. The van der Waals surface area contributed by atoms with Crippen LogP contribution in [0.3, 0.4) is 0 Å². The van der Waals surface area contributed by atoms with E-state index in [-0.39, 0.29) is 0 Å². The third kappa shape index (κ3) is 2.89. The lowest BCUT2D eigenvalue weighted by atomic mass is 9.94. The number of nitrogens with one attached hydrogen (secondary N) is 2. The highest BCUT2D eigenvalue weighted by molar-refractivity contribution is 5.78. The molecule has 2 aromatic heterocycles. The number of H-pyrrole nitrogens is 1. The van der Waals surface area contributed by atoms with Crippen LogP contribution in [0.1, 0.15) is 36.9 Å². The van der Waals surface area contributed by atoms with Gasteiger partial charge in [0.25, 0.3) is 0 Å². The largest absolute Gasteiger partial charge is 0.472 e. The Morgan fingerprint density at radius 2 is 1.83 bits per heavy atom. The van der Waals surface area contributed by atoms with Crippen molar-refractivity contribution in [3.05, 3.63) is 47.8 Å². The zero-order valence-corrected chi connectivity index (χ0v) is 17.5. The predicted molar refractivity (Wildman–Crippen MR) is 118 cm³/mol. The molecule has 1 aromatic carbocycles. The monoisotopic (exact) mass is 401 g/mol. The number of fused-ring (bicyclic) bond motifs is 5. The maximum Gasteiger partial charge on any atom is 0.223 e. The maximum atomic E-state index is 6.11. The molecule has 2 unspecified atom stereocenters. The average molecular weight is 402 g/mol. The molecule has 2 fully saturated rings. The highest BCUT2D eigenvalue weighted by Gasteiger charge is 2.35. The first-order valence-electron chi connectivity index (χ1n) is 10.9. The molecule has 2 bridgehead atoms. The molecule has 3 aliphatic heterocycles. The van der Waals surface area contributed by atoms with E-state index in [2.05, 4.69) is 57.8 Å². The fraction of sp³-hybridized carbons (Fsp3) is 0.417. The number of rotatable bonds is 3. The summed E-state index contributed by atoms with van der Waals surface area (Å²) in [6.07, 6.45) is 6.91. The molecule has 5 heterocycles. The molecular formula is C24H27N5O. The summed E-state index contributed by atoms with van der Waals surface area (Å²) in [7, 11) is 2.18. The summed E-state index contributed by atoms with van der Waals surface area (Å²) in [5.41, 5.74) is 6.86. The van der Waals surface area contributed by atoms with Crippen molar-refractivity contribution in [2.24, 2.45) is 0 Å². The summed E-state index contributed by atoms with van der Waals surface area (Å²) in [5.74, 6) is 1.75. The van der Waals surface area contributed by atoms with Crippen molar-refractivity contribution >= 4 is 5.82 Å². The van der Waals surface area contributed by atoms with Crippen molar-refractivity contribution in [2.45, 2.75) is 57.3 Å². The van der Waals surface area contributed by atoms with E-state index >= 15 is 0 Å². The quantitative estimate of drug-likeness (QED) is 0.693. The van der Waals surface area contributed by atoms with Crippen LogP contribution in [-0.2, 0) is 6.61 Å². The molecule has 3 aliphatic rings. The number of benzene rings is 1. The van der Waals surface area contributed by atoms with Gasteiger partial charge in [-0.2, -0.15) is 10.1 Å². The molecule has 3 aromatic rings. The van der Waals surface area contributed by atoms with Crippen LogP contribution < -0.4 is 15.0 Å². The molecule has 6 nitrogen and oxygen atoms in total. The second kappa shape index (κ2) is 6.84. The average Bonchev–Trinajstić information content (AvgIpc) is 3.36. The van der Waals surface area contributed by atoms with Crippen LogP contribution in [0, 0.1) is 6.92 Å². The number of aryl methyl sites for hydroxylation is 1. The molecule has 2 saturated heterocycles. The third-order valence-corrected chi connectivity index (χ3v) is 7.10. The van der Waals surface area contributed by atoms with E-state index in [0.29, 0.717) is 24.7 Å². The van der Waals surface area contributed by atoms with Crippen molar-refractivity contribution in [3.63, 3.8) is 0 Å². The molecule has 0 amide bonds. The number of hydrogen-bond acceptors (Lipinski definition) is 5. The minimum Gasteiger partial charge on any atom is -0.472 e. The highest BCUT2D eigenvalue weighted by Crippen LogP contribution is 2.40. The van der Waals surface area contributed by atoms with Crippen LogP contribution in [0.25, 0.3) is 22.3 Å². The fourth-order valence-electron chi connectivity index (χ4n) is 5.40. The highest BCUT2D eigenvalue weighted by atomic mass is 16.5. The first-order chi connectivity index (χ1) is 14.7. The Bertz CT molecular complexity index is 1090. The summed E-state index contributed by atoms with van der Waals surface area (Å²) in [6, 6.07) is 12.8. The number of anilines is 1. The minimum atomic E-state index is 0.546. The molecule has 2 atom stereocenters. The molecule has 0 aliphatic carbocycles. The van der Waals surface area contributed by atoms with Gasteiger partial charge in [0.05, 0.1) is 6.20 Å². The number of piperidine rings is 1. The Labute approximate surface area is 176 Å². The van der Waals surface area contributed by atoms with Gasteiger partial charge in [-0.1, -0.05) is 12.1 Å². The minimum absolute atomic E-state index is 0.546. The number of aromatic nitrogens is 3. The standard InChI is InChI=1S/C24H27N5O/c1-14-22(12-25-28-14)15-3-6-20-16(9-15)13-30-24-21(20)7-8-23(27-24)29(2)19-10-17-4-5-18(11-19)26-17/h3,6-9,12,17-19,26H,4-5,10-11,13H2,1-2H3,(H,25,28). The molecule has 154 valence electrons. The summed E-state index contributed by atoms with van der Waals surface area (Å²) < 4.78 is 6.11. The van der Waals surface area contributed by atoms with Crippen molar-refractivity contribution in [1.82, 2.24) is 20.5 Å². The van der Waals surface area contributed by atoms with Gasteiger partial charge in [0.15, 0.2) is 0 Å². The van der Waals surface area contributed by atoms with Crippen LogP contribution in [0.5, 0.6) is 5.88 Å². The van der Waals surface area contributed by atoms with Crippen LogP contribution in [0.2, 0.25) is 0 Å². The van der Waals surface area contributed by atoms with Crippen molar-refractivity contribution in [2.75, 3.05) is 11.9 Å². The van der Waals surface area contributed by atoms with E-state index in [0.717, 1.165) is 34.1 Å². The van der Waals surface area contributed by atoms with Gasteiger partial charge in [-0.05, 0) is 67.5 Å². The topological polar surface area (TPSA) is 66.1 Å². The molecule has 6 rings (SSSR count). The molecule has 0 saturated carbocycles. The molecular weight excluding hydrogens is 374 g/mol. The lowest BCUT2D eigenvalue weighted by Crippen LogP contribution is -2.47. The van der Waals surface area contributed by atoms with E-state index in [9.17, 15) is 0 Å². The SMILES string of the molecule is Cc1[nH]ncc1-c1ccc2c(c1)COc1nc(N(C)C3CC4CCC(C3)N4)ccc1-2. The summed E-state index contributed by atoms with van der Waals surface area (Å²) >= 11 is 0. The van der Waals surface area contributed by atoms with Crippen molar-refractivity contribution < 1.29 is 4.74 Å². The summed E-state index contributed by atoms with van der Waals surface area (Å²) in [5, 5.41) is 10.9. The van der Waals surface area contributed by atoms with Crippen molar-refractivity contribution in [1.29, 1.82) is 0 Å². The van der Waals surface area contributed by atoms with Gasteiger partial charge >= 0.3 is 0 Å². The van der Waals surface area contributed by atoms with E-state index in [1.807, 2.05) is 13.1 Å². The number of hydrogen-bond donors (Lipinski definition) is 2. The molecule has 0 radical (unpaired) electrons. The zero-order valence-electron chi connectivity index (χ0n) is 17.5. The van der Waals surface area contributed by atoms with E-state index in [4.69, 9.17) is 9.72 Å². The van der Waals surface area contributed by atoms with E-state index in [1.54, 1.807) is 0 Å². The normalized spacial score (nSPS) is 24.1. The molecule has 6 heteroatoms. The number of aromatic amines is 1. The van der Waals surface area contributed by atoms with Crippen LogP contribution in [0.4, 0.5) is 5.82 Å². The summed E-state index contributed by atoms with van der Waals surface area (Å²) in [6.45, 7) is 2.59. The van der Waals surface area contributed by atoms with Crippen LogP contribution in [-0.4, -0.2) is 40.4 Å². The van der Waals surface area contributed by atoms with Crippen LogP contribution in [0.15, 0.2) is 36.5 Å². The van der Waals surface area contributed by atoms with E-state index < -0.39 is 0 Å². The van der Waals surface area contributed by atoms with Gasteiger partial charge in [-0.25, -0.2) is 0 Å². The number of pyridine rings is 1. The summed E-state index contributed by atoms with van der Waals surface area (Å²) in [4.78, 5) is 7.27. The Morgan fingerprint density at radius 1 is 1.03 bits per heavy atom. The Kier molecular flexibility index (Phi) is 4.09. The fourth-order valence-corrected chi connectivity index (χ4v) is 5.40. The van der Waals surface area contributed by atoms with Gasteiger partial charge < -0.3 is 15.0 Å². The van der Waals surface area contributed by atoms with Gasteiger partial charge in [0.1, 0.15) is 12.4 Å². The predicted octanol–water partition coefficient (Wildman–Crippen LogP) is 4.06. The molecule has 30 heavy (non-hydrogen) atoms. The first-order valence-corrected chi connectivity index (χ1v) is 10.9. The Balaban J connectivity index is 1.29. The smallest absolute Gasteiger partial charge is 0.223 e. The third-order valence-electron chi connectivity index (χ3n) is 7.10. The lowest BCUT2D eigenvalue weighted by molar-refractivity contribution is 0.289. The maximum absolute atomic E-state index is 6.11. The second-order valence-electron chi connectivity index (χ2n) is 8.97. The van der Waals surface area contributed by atoms with Crippen LogP contribution >= 0.6 is 0 Å². The second-order valence-corrected chi connectivity index (χ2v) is 8.97.